The summed E-state index contributed by atoms with van der Waals surface area (Å²) in [5.74, 6) is 8.70. The third-order valence-electron chi connectivity index (χ3n) is 4.34. The number of rotatable bonds is 1. The number of hydrogen-bond acceptors (Lipinski definition) is 2. The van der Waals surface area contributed by atoms with Crippen LogP contribution < -0.4 is 11.3 Å². The third kappa shape index (κ3) is 0.882. The van der Waals surface area contributed by atoms with Crippen molar-refractivity contribution in [2.45, 2.75) is 44.1 Å². The highest BCUT2D eigenvalue weighted by atomic mass is 15.3. The van der Waals surface area contributed by atoms with E-state index in [9.17, 15) is 0 Å². The van der Waals surface area contributed by atoms with Crippen LogP contribution in [0.15, 0.2) is 0 Å². The van der Waals surface area contributed by atoms with E-state index in [0.717, 1.165) is 17.8 Å². The summed E-state index contributed by atoms with van der Waals surface area (Å²) in [5, 5.41) is 0. The van der Waals surface area contributed by atoms with Crippen LogP contribution in [-0.2, 0) is 0 Å². The Morgan fingerprint density at radius 3 is 1.67 bits per heavy atom. The molecule has 0 amide bonds. The van der Waals surface area contributed by atoms with E-state index in [1.54, 1.807) is 0 Å². The molecule has 0 atom stereocenters. The van der Waals surface area contributed by atoms with Crippen LogP contribution in [0.3, 0.4) is 0 Å². The average Bonchev–Trinajstić information content (AvgIpc) is 2.02. The van der Waals surface area contributed by atoms with Crippen LogP contribution in [0.25, 0.3) is 0 Å². The molecule has 0 saturated heterocycles. The number of hydrogen-bond donors (Lipinski definition) is 2. The van der Waals surface area contributed by atoms with Gasteiger partial charge in [0.25, 0.3) is 0 Å². The van der Waals surface area contributed by atoms with Crippen molar-refractivity contribution < 1.29 is 0 Å². The Balaban J connectivity index is 1.90. The highest BCUT2D eigenvalue weighted by molar-refractivity contribution is 5.05. The number of hydrazine groups is 1. The van der Waals surface area contributed by atoms with Gasteiger partial charge in [0.15, 0.2) is 0 Å². The molecule has 4 aliphatic rings. The lowest BCUT2D eigenvalue weighted by Gasteiger charge is -2.56. The molecule has 0 aromatic rings. The highest BCUT2D eigenvalue weighted by Crippen LogP contribution is 2.55. The first-order valence-corrected chi connectivity index (χ1v) is 5.27. The lowest BCUT2D eigenvalue weighted by atomic mass is 9.53. The van der Waals surface area contributed by atoms with E-state index < -0.39 is 0 Å². The van der Waals surface area contributed by atoms with Gasteiger partial charge in [-0.2, -0.15) is 0 Å². The van der Waals surface area contributed by atoms with Crippen LogP contribution >= 0.6 is 0 Å². The molecule has 4 bridgehead atoms. The molecule has 4 fully saturated rings. The van der Waals surface area contributed by atoms with Crippen molar-refractivity contribution in [3.8, 4) is 0 Å². The zero-order valence-electron chi connectivity index (χ0n) is 7.55. The van der Waals surface area contributed by atoms with Gasteiger partial charge in [-0.15, -0.1) is 0 Å². The van der Waals surface area contributed by atoms with Crippen molar-refractivity contribution in [3.05, 3.63) is 0 Å². The first-order valence-electron chi connectivity index (χ1n) is 5.27. The molecule has 4 rings (SSSR count). The van der Waals surface area contributed by atoms with Crippen LogP contribution in [0.1, 0.15) is 38.5 Å². The molecule has 2 nitrogen and oxygen atoms in total. The predicted octanol–water partition coefficient (Wildman–Crippen LogP) is 1.42. The minimum Gasteiger partial charge on any atom is -0.271 e. The number of nitrogens with two attached hydrogens (primary N) is 1. The van der Waals surface area contributed by atoms with Crippen LogP contribution in [0.4, 0.5) is 0 Å². The molecule has 0 aliphatic heterocycles. The van der Waals surface area contributed by atoms with Gasteiger partial charge in [-0.05, 0) is 56.3 Å². The summed E-state index contributed by atoms with van der Waals surface area (Å²) in [6.45, 7) is 0. The largest absolute Gasteiger partial charge is 0.271 e. The van der Waals surface area contributed by atoms with Gasteiger partial charge >= 0.3 is 0 Å². The fraction of sp³-hybridized carbons (Fsp3) is 1.00. The van der Waals surface area contributed by atoms with Gasteiger partial charge in [-0.25, -0.2) is 0 Å². The summed E-state index contributed by atoms with van der Waals surface area (Å²) in [7, 11) is 0. The van der Waals surface area contributed by atoms with Gasteiger partial charge < -0.3 is 0 Å². The Bertz CT molecular complexity index is 165. The Morgan fingerprint density at radius 2 is 1.33 bits per heavy atom. The minimum absolute atomic E-state index is 0.370. The summed E-state index contributed by atoms with van der Waals surface area (Å²) in [5.41, 5.74) is 3.48. The highest BCUT2D eigenvalue weighted by Gasteiger charge is 2.50. The van der Waals surface area contributed by atoms with E-state index in [1.165, 1.54) is 38.5 Å². The van der Waals surface area contributed by atoms with Crippen LogP contribution in [-0.4, -0.2) is 5.54 Å². The topological polar surface area (TPSA) is 38.0 Å². The molecule has 0 radical (unpaired) electrons. The van der Waals surface area contributed by atoms with Gasteiger partial charge in [0.2, 0.25) is 0 Å². The van der Waals surface area contributed by atoms with Crippen molar-refractivity contribution in [2.75, 3.05) is 0 Å². The molecule has 0 spiro atoms. The van der Waals surface area contributed by atoms with Crippen molar-refractivity contribution in [1.82, 2.24) is 5.43 Å². The maximum Gasteiger partial charge on any atom is 0.0329 e. The molecule has 0 aromatic carbocycles. The summed E-state index contributed by atoms with van der Waals surface area (Å²) >= 11 is 0. The summed E-state index contributed by atoms with van der Waals surface area (Å²) in [6.07, 6.45) is 8.57. The smallest absolute Gasteiger partial charge is 0.0329 e. The van der Waals surface area contributed by atoms with E-state index in [0.29, 0.717) is 5.54 Å². The van der Waals surface area contributed by atoms with Crippen molar-refractivity contribution in [1.29, 1.82) is 0 Å². The SMILES string of the molecule is NNC12CC3CC(CC(C3)C1)C2. The zero-order chi connectivity index (χ0) is 8.18. The molecule has 0 heterocycles. The first-order chi connectivity index (χ1) is 5.80. The molecule has 2 heteroatoms. The van der Waals surface area contributed by atoms with Crippen LogP contribution in [0.5, 0.6) is 0 Å². The fourth-order valence-electron chi connectivity index (χ4n) is 4.29. The average molecular weight is 166 g/mol. The second-order valence-electron chi connectivity index (χ2n) is 5.34. The maximum absolute atomic E-state index is 5.68. The fourth-order valence-corrected chi connectivity index (χ4v) is 4.29. The van der Waals surface area contributed by atoms with Gasteiger partial charge in [0.05, 0.1) is 0 Å². The number of nitrogens with one attached hydrogen (secondary N) is 1. The van der Waals surface area contributed by atoms with E-state index in [1.807, 2.05) is 0 Å². The molecular weight excluding hydrogens is 148 g/mol. The minimum atomic E-state index is 0.370. The van der Waals surface area contributed by atoms with Crippen LogP contribution in [0, 0.1) is 17.8 Å². The lowest BCUT2D eigenvalue weighted by Crippen LogP contribution is -2.60. The van der Waals surface area contributed by atoms with E-state index in [4.69, 9.17) is 5.84 Å². The standard InChI is InChI=1S/C10H18N2/c11-12-10-4-7-1-8(5-10)3-9(2-7)6-10/h7-9,12H,1-6,11H2. The molecule has 3 N–H and O–H groups in total. The Hall–Kier alpha value is -0.0800. The normalized spacial score (nSPS) is 56.2. The molecule has 12 heavy (non-hydrogen) atoms. The monoisotopic (exact) mass is 166 g/mol. The van der Waals surface area contributed by atoms with Crippen LogP contribution in [0.2, 0.25) is 0 Å². The third-order valence-corrected chi connectivity index (χ3v) is 4.34. The van der Waals surface area contributed by atoms with E-state index >= 15 is 0 Å². The van der Waals surface area contributed by atoms with Crippen molar-refractivity contribution in [3.63, 3.8) is 0 Å². The molecular formula is C10H18N2. The maximum atomic E-state index is 5.68. The van der Waals surface area contributed by atoms with Gasteiger partial charge in [-0.3, -0.25) is 11.3 Å². The lowest BCUT2D eigenvalue weighted by molar-refractivity contribution is -0.0196. The van der Waals surface area contributed by atoms with Crippen molar-refractivity contribution >= 4 is 0 Å². The first kappa shape index (κ1) is 7.34. The predicted molar refractivity (Wildman–Crippen MR) is 48.2 cm³/mol. The van der Waals surface area contributed by atoms with E-state index in [-0.39, 0.29) is 0 Å². The molecule has 4 saturated carbocycles. The molecule has 0 aromatic heterocycles. The van der Waals surface area contributed by atoms with Gasteiger partial charge in [0.1, 0.15) is 0 Å². The second kappa shape index (κ2) is 2.24. The van der Waals surface area contributed by atoms with E-state index in [2.05, 4.69) is 5.43 Å². The Kier molecular flexibility index (Phi) is 1.37. The molecule has 68 valence electrons. The second-order valence-corrected chi connectivity index (χ2v) is 5.34. The Labute approximate surface area is 73.9 Å². The quantitative estimate of drug-likeness (QED) is 0.456. The van der Waals surface area contributed by atoms with Gasteiger partial charge in [-0.1, -0.05) is 0 Å². The molecule has 0 unspecified atom stereocenters. The van der Waals surface area contributed by atoms with Crippen molar-refractivity contribution in [2.24, 2.45) is 23.6 Å². The summed E-state index contributed by atoms with van der Waals surface area (Å²) in [4.78, 5) is 0. The zero-order valence-corrected chi connectivity index (χ0v) is 7.55. The molecule has 4 aliphatic carbocycles. The Morgan fingerprint density at radius 1 is 0.917 bits per heavy atom. The van der Waals surface area contributed by atoms with Gasteiger partial charge in [0, 0.05) is 5.54 Å². The summed E-state index contributed by atoms with van der Waals surface area (Å²) < 4.78 is 0. The summed E-state index contributed by atoms with van der Waals surface area (Å²) in [6, 6.07) is 0.